The second-order valence-electron chi connectivity index (χ2n) is 0.268. The van der Waals surface area contributed by atoms with Crippen LogP contribution in [-0.4, -0.2) is 0 Å². The van der Waals surface area contributed by atoms with E-state index in [-0.39, 0.29) is 19.6 Å². The first-order valence-corrected chi connectivity index (χ1v) is 1.20. The summed E-state index contributed by atoms with van der Waals surface area (Å²) in [4.78, 5) is 4.50. The van der Waals surface area contributed by atoms with E-state index in [0.29, 0.717) is 0 Å². The monoisotopic (exact) mass is 177 g/mol. The molecule has 0 aromatic heterocycles. The van der Waals surface area contributed by atoms with Crippen LogP contribution in [0.25, 0.3) is 47.9 Å². The van der Waals surface area contributed by atoms with Gasteiger partial charge < -0.3 is 39.3 Å². The first kappa shape index (κ1) is 34.9. The molecule has 0 fully saturated rings. The minimum Gasteiger partial charge on any atom is -0.373 e. The Morgan fingerprint density at radius 3 is 0.545 bits per heavy atom. The van der Waals surface area contributed by atoms with Crippen LogP contribution in [0.4, 0.5) is 0 Å². The maximum atomic E-state index is 6.75. The molecule has 0 atom stereocenters. The van der Waals surface area contributed by atoms with Crippen molar-refractivity contribution in [1.29, 1.82) is 0 Å². The quantitative estimate of drug-likeness (QED) is 0.329. The summed E-state index contributed by atoms with van der Waals surface area (Å²) in [6.07, 6.45) is 0. The fourth-order valence-electron chi connectivity index (χ4n) is 0. The predicted molar refractivity (Wildman–Crippen MR) is 45.6 cm³/mol. The molecule has 0 aliphatic rings. The standard InChI is InChI=1S/3N3.H3N.H2S/c3*1-3-2;;/h;;;1H3;1H2/q3*-1;;. The number of nitrogens with zero attached hydrogens (tertiary/aromatic N) is 9. The van der Waals surface area contributed by atoms with Gasteiger partial charge in [0, 0.05) is 0 Å². The van der Waals surface area contributed by atoms with Crippen LogP contribution in [-0.2, 0) is 0 Å². The van der Waals surface area contributed by atoms with Crippen molar-refractivity contribution in [2.45, 2.75) is 0 Å². The van der Waals surface area contributed by atoms with Crippen molar-refractivity contribution in [3.63, 3.8) is 0 Å². The van der Waals surface area contributed by atoms with Gasteiger partial charge in [0.15, 0.2) is 0 Å². The summed E-state index contributed by atoms with van der Waals surface area (Å²) >= 11 is 0. The topological polar surface area (TPSA) is 211 Å². The summed E-state index contributed by atoms with van der Waals surface area (Å²) in [5.41, 5.74) is 40.5. The number of rotatable bonds is 0. The highest BCUT2D eigenvalue weighted by molar-refractivity contribution is 7.59. The van der Waals surface area contributed by atoms with Gasteiger partial charge in [0.2, 0.25) is 0 Å². The normalized spacial score (nSPS) is 2.18. The molecule has 0 aliphatic heterocycles. The average molecular weight is 177 g/mol. The summed E-state index contributed by atoms with van der Waals surface area (Å²) < 4.78 is 0. The fourth-order valence-corrected chi connectivity index (χ4v) is 0. The maximum absolute atomic E-state index is 6.75. The second kappa shape index (κ2) is 281. The lowest BCUT2D eigenvalue weighted by Gasteiger charge is -1.32. The molecule has 0 spiro atoms. The van der Waals surface area contributed by atoms with Crippen molar-refractivity contribution in [1.82, 2.24) is 6.15 Å². The Balaban J connectivity index is -0.0000000150. The molecule has 0 unspecified atom stereocenters. The minimum absolute atomic E-state index is 0. The molecule has 3 N–H and O–H groups in total. The zero-order chi connectivity index (χ0) is 8.12. The van der Waals surface area contributed by atoms with Crippen molar-refractivity contribution in [2.24, 2.45) is 0 Å². The smallest absolute Gasteiger partial charge is 0.197 e. The number of hydrogen-bond donors (Lipinski definition) is 1. The van der Waals surface area contributed by atoms with Gasteiger partial charge in [0.25, 0.3) is 0 Å². The van der Waals surface area contributed by atoms with Crippen molar-refractivity contribution < 1.29 is 0 Å². The Labute approximate surface area is 68.5 Å². The van der Waals surface area contributed by atoms with Crippen LogP contribution in [0, 0.1) is 0 Å². The van der Waals surface area contributed by atoms with E-state index >= 15 is 0 Å². The van der Waals surface area contributed by atoms with E-state index < -0.39 is 0 Å². The molecule has 0 saturated heterocycles. The van der Waals surface area contributed by atoms with E-state index in [1.807, 2.05) is 0 Å². The predicted octanol–water partition coefficient (Wildman–Crippen LogP) is 2.87. The van der Waals surface area contributed by atoms with Crippen molar-refractivity contribution >= 4 is 13.5 Å². The lowest BCUT2D eigenvalue weighted by molar-refractivity contribution is 2.13. The van der Waals surface area contributed by atoms with Crippen LogP contribution in [0.3, 0.4) is 0 Å². The molecule has 0 amide bonds. The molecule has 11 heteroatoms. The molecule has 0 saturated carbocycles. The van der Waals surface area contributed by atoms with Crippen LogP contribution in [0.1, 0.15) is 0 Å². The zero-order valence-electron chi connectivity index (χ0n) is 5.23. The Morgan fingerprint density at radius 1 is 0.545 bits per heavy atom. The van der Waals surface area contributed by atoms with Crippen molar-refractivity contribution in [2.75, 3.05) is 0 Å². The van der Waals surface area contributed by atoms with Crippen molar-refractivity contribution in [3.05, 3.63) is 47.9 Å². The van der Waals surface area contributed by atoms with Crippen LogP contribution < -0.4 is 6.15 Å². The van der Waals surface area contributed by atoms with Crippen LogP contribution in [0.2, 0.25) is 0 Å². The van der Waals surface area contributed by atoms with E-state index in [4.69, 9.17) is 33.2 Å². The summed E-state index contributed by atoms with van der Waals surface area (Å²) in [5, 5.41) is 0. The van der Waals surface area contributed by atoms with Crippen LogP contribution >= 0.6 is 13.5 Å². The van der Waals surface area contributed by atoms with Crippen LogP contribution in [0.5, 0.6) is 0 Å². The molecule has 0 aromatic carbocycles. The SMILES string of the molecule is N.S.[N-]=[N+]=[N-].[N-]=[N+]=[N-].[N-]=[N+]=[N-]. The van der Waals surface area contributed by atoms with Crippen molar-refractivity contribution in [3.8, 4) is 0 Å². The van der Waals surface area contributed by atoms with Gasteiger partial charge in [-0.3, -0.25) is 14.7 Å². The molecule has 64 valence electrons. The summed E-state index contributed by atoms with van der Waals surface area (Å²) in [7, 11) is 0. The maximum Gasteiger partial charge on any atom is -0.197 e. The second-order valence-corrected chi connectivity index (χ2v) is 0.268. The molecule has 0 bridgehead atoms. The Bertz CT molecular complexity index is 96.4. The highest BCUT2D eigenvalue weighted by atomic mass is 32.1. The van der Waals surface area contributed by atoms with Gasteiger partial charge in [0.1, 0.15) is 0 Å². The number of hydrogen-bond acceptors (Lipinski definition) is 1. The third-order valence-corrected chi connectivity index (χ3v) is 0. The van der Waals surface area contributed by atoms with Gasteiger partial charge in [0.05, 0.1) is 0 Å². The van der Waals surface area contributed by atoms with Crippen LogP contribution in [0.15, 0.2) is 0 Å². The van der Waals surface area contributed by atoms with Gasteiger partial charge in [-0.2, -0.15) is 13.5 Å². The highest BCUT2D eigenvalue weighted by Crippen LogP contribution is 1.30. The molecule has 0 aliphatic carbocycles. The van der Waals surface area contributed by atoms with Gasteiger partial charge in [-0.15, -0.1) is 0 Å². The summed E-state index contributed by atoms with van der Waals surface area (Å²) in [6.45, 7) is 0. The summed E-state index contributed by atoms with van der Waals surface area (Å²) in [5.74, 6) is 0. The van der Waals surface area contributed by atoms with E-state index in [2.05, 4.69) is 0 Å². The first-order valence-electron chi connectivity index (χ1n) is 1.20. The molecule has 10 nitrogen and oxygen atoms in total. The molecular formula is H5N10S-3. The van der Waals surface area contributed by atoms with Gasteiger partial charge >= 0.3 is 0 Å². The molecule has 0 radical (unpaired) electrons. The first-order chi connectivity index (χ1) is 4.24. The highest BCUT2D eigenvalue weighted by Gasteiger charge is 0.694. The van der Waals surface area contributed by atoms with E-state index in [0.717, 1.165) is 0 Å². The third kappa shape index (κ3) is 104. The Morgan fingerprint density at radius 2 is 0.545 bits per heavy atom. The van der Waals surface area contributed by atoms with Gasteiger partial charge in [-0.05, 0) is 0 Å². The molecule has 0 aromatic rings. The molecular weight excluding hydrogens is 172 g/mol. The third-order valence-electron chi connectivity index (χ3n) is 0. The lowest BCUT2D eigenvalue weighted by Crippen LogP contribution is -0.711. The van der Waals surface area contributed by atoms with Gasteiger partial charge in [-0.25, -0.2) is 0 Å². The van der Waals surface area contributed by atoms with Gasteiger partial charge in [-0.1, -0.05) is 0 Å². The average Bonchev–Trinajstić information content (AvgIpc) is 1.70. The van der Waals surface area contributed by atoms with E-state index in [1.165, 1.54) is 14.7 Å². The molecule has 0 rings (SSSR count). The zero-order valence-corrected chi connectivity index (χ0v) is 6.23. The minimum atomic E-state index is 0. The fraction of sp³-hybridized carbons (Fsp3) is 0. The summed E-state index contributed by atoms with van der Waals surface area (Å²) in [6, 6.07) is 0. The Hall–Kier alpha value is -1.76. The Kier molecular flexibility index (Phi) is 891. The largest absolute Gasteiger partial charge is 0.373 e. The van der Waals surface area contributed by atoms with E-state index in [9.17, 15) is 0 Å². The molecule has 0 heterocycles. The molecule has 11 heavy (non-hydrogen) atoms. The van der Waals surface area contributed by atoms with E-state index in [1.54, 1.807) is 0 Å². The lowest BCUT2D eigenvalue weighted by atomic mass is 13.0.